The minimum atomic E-state index is -0.108. The molecule has 1 aromatic carbocycles. The Labute approximate surface area is 165 Å². The van der Waals surface area contributed by atoms with Gasteiger partial charge in [0.05, 0.1) is 13.7 Å². The van der Waals surface area contributed by atoms with E-state index < -0.39 is 0 Å². The van der Waals surface area contributed by atoms with Crippen LogP contribution in [0.4, 0.5) is 5.82 Å². The molecule has 1 atom stereocenters. The summed E-state index contributed by atoms with van der Waals surface area (Å²) in [4.78, 5) is 16.2. The van der Waals surface area contributed by atoms with Gasteiger partial charge in [0.25, 0.3) is 5.91 Å². The summed E-state index contributed by atoms with van der Waals surface area (Å²) in [7, 11) is 5.38. The smallest absolute Gasteiger partial charge is 0.260 e. The van der Waals surface area contributed by atoms with E-state index in [2.05, 4.69) is 10.2 Å². The average Bonchev–Trinajstić information content (AvgIpc) is 2.72. The Morgan fingerprint density at radius 2 is 1.96 bits per heavy atom. The van der Waals surface area contributed by atoms with Gasteiger partial charge in [0, 0.05) is 26.7 Å². The lowest BCUT2D eigenvalue weighted by molar-refractivity contribution is -0.136. The van der Waals surface area contributed by atoms with Crippen LogP contribution in [0.2, 0.25) is 0 Å². The van der Waals surface area contributed by atoms with Crippen molar-refractivity contribution in [3.8, 4) is 17.4 Å². The summed E-state index contributed by atoms with van der Waals surface area (Å²) in [6, 6.07) is 10.9. The van der Waals surface area contributed by atoms with Gasteiger partial charge in [-0.15, -0.1) is 10.2 Å². The molecule has 2 heterocycles. The molecule has 1 fully saturated rings. The van der Waals surface area contributed by atoms with Crippen LogP contribution >= 0.6 is 0 Å². The van der Waals surface area contributed by atoms with Crippen molar-refractivity contribution < 1.29 is 19.0 Å². The minimum Gasteiger partial charge on any atom is -0.493 e. The topological polar surface area (TPSA) is 77.0 Å². The van der Waals surface area contributed by atoms with E-state index in [-0.39, 0.29) is 18.6 Å². The molecule has 28 heavy (non-hydrogen) atoms. The van der Waals surface area contributed by atoms with E-state index in [0.717, 1.165) is 18.7 Å². The number of para-hydroxylation sites is 2. The summed E-state index contributed by atoms with van der Waals surface area (Å²) >= 11 is 0. The number of methoxy groups -OCH3 is 1. The molecule has 1 aliphatic rings. The number of anilines is 1. The average molecular weight is 386 g/mol. The first-order chi connectivity index (χ1) is 13.6. The molecule has 1 unspecified atom stereocenters. The summed E-state index contributed by atoms with van der Waals surface area (Å²) in [5.74, 6) is 2.32. The monoisotopic (exact) mass is 386 g/mol. The fourth-order valence-electron chi connectivity index (χ4n) is 3.01. The highest BCUT2D eigenvalue weighted by Gasteiger charge is 2.25. The molecule has 1 aromatic heterocycles. The highest BCUT2D eigenvalue weighted by Crippen LogP contribution is 2.26. The first-order valence-electron chi connectivity index (χ1n) is 9.28. The molecule has 1 saturated heterocycles. The van der Waals surface area contributed by atoms with E-state index in [9.17, 15) is 4.79 Å². The van der Waals surface area contributed by atoms with Gasteiger partial charge in [0.15, 0.2) is 23.9 Å². The number of amides is 1. The number of hydrogen-bond acceptors (Lipinski definition) is 7. The van der Waals surface area contributed by atoms with Crippen LogP contribution in [0.25, 0.3) is 0 Å². The molecule has 3 rings (SSSR count). The molecule has 0 N–H and O–H groups in total. The molecule has 0 aliphatic carbocycles. The molecule has 1 amide bonds. The van der Waals surface area contributed by atoms with Gasteiger partial charge in [0.1, 0.15) is 6.10 Å². The van der Waals surface area contributed by atoms with Gasteiger partial charge < -0.3 is 24.0 Å². The highest BCUT2D eigenvalue weighted by atomic mass is 16.5. The Kier molecular flexibility index (Phi) is 6.52. The third kappa shape index (κ3) is 5.03. The summed E-state index contributed by atoms with van der Waals surface area (Å²) in [5.41, 5.74) is 0. The maximum absolute atomic E-state index is 12.6. The van der Waals surface area contributed by atoms with Gasteiger partial charge >= 0.3 is 0 Å². The lowest BCUT2D eigenvalue weighted by Crippen LogP contribution is -2.46. The maximum atomic E-state index is 12.6. The van der Waals surface area contributed by atoms with Crippen LogP contribution in [0.1, 0.15) is 12.8 Å². The van der Waals surface area contributed by atoms with Crippen LogP contribution in [0.15, 0.2) is 36.4 Å². The number of carbonyl (C=O) groups excluding carboxylic acids is 1. The third-order valence-corrected chi connectivity index (χ3v) is 4.52. The van der Waals surface area contributed by atoms with Crippen LogP contribution in [0.5, 0.6) is 17.4 Å². The summed E-state index contributed by atoms with van der Waals surface area (Å²) in [6.45, 7) is 1.16. The molecule has 0 bridgehead atoms. The maximum Gasteiger partial charge on any atom is 0.260 e. The van der Waals surface area contributed by atoms with Crippen LogP contribution in [0.3, 0.4) is 0 Å². The van der Waals surface area contributed by atoms with E-state index in [0.29, 0.717) is 30.5 Å². The Balaban J connectivity index is 1.53. The lowest BCUT2D eigenvalue weighted by Gasteiger charge is -2.32. The molecular formula is C20H26N4O4. The Morgan fingerprint density at radius 3 is 2.64 bits per heavy atom. The van der Waals surface area contributed by atoms with Gasteiger partial charge in [-0.2, -0.15) is 0 Å². The molecule has 150 valence electrons. The van der Waals surface area contributed by atoms with Crippen LogP contribution in [0, 0.1) is 0 Å². The van der Waals surface area contributed by atoms with Gasteiger partial charge in [-0.1, -0.05) is 12.1 Å². The number of likely N-dealkylation sites (tertiary alicyclic amines) is 1. The number of piperidine rings is 1. The number of rotatable bonds is 7. The van der Waals surface area contributed by atoms with Crippen molar-refractivity contribution in [2.75, 3.05) is 45.8 Å². The minimum absolute atomic E-state index is 0.0373. The van der Waals surface area contributed by atoms with E-state index in [1.54, 1.807) is 30.2 Å². The number of benzene rings is 1. The second-order valence-corrected chi connectivity index (χ2v) is 6.79. The molecule has 8 nitrogen and oxygen atoms in total. The molecule has 0 radical (unpaired) electrons. The first kappa shape index (κ1) is 19.7. The molecule has 1 aliphatic heterocycles. The van der Waals surface area contributed by atoms with E-state index in [4.69, 9.17) is 14.2 Å². The standard InChI is InChI=1S/C20H26N4O4/c1-23(2)18-10-11-19(22-21-18)28-15-7-6-12-24(13-15)20(25)14-27-17-9-5-4-8-16(17)26-3/h4-5,8-11,15H,6-7,12-14H2,1-3H3. The molecule has 8 heteroatoms. The van der Waals surface area contributed by atoms with Crippen molar-refractivity contribution in [3.05, 3.63) is 36.4 Å². The zero-order chi connectivity index (χ0) is 19.9. The molecule has 2 aromatic rings. The lowest BCUT2D eigenvalue weighted by atomic mass is 10.1. The SMILES string of the molecule is COc1ccccc1OCC(=O)N1CCCC(Oc2ccc(N(C)C)nn2)C1. The predicted molar refractivity (Wildman–Crippen MR) is 105 cm³/mol. The Hall–Kier alpha value is -3.03. The fourth-order valence-corrected chi connectivity index (χ4v) is 3.01. The Bertz CT molecular complexity index is 782. The van der Waals surface area contributed by atoms with Crippen molar-refractivity contribution in [3.63, 3.8) is 0 Å². The van der Waals surface area contributed by atoms with Crippen molar-refractivity contribution in [2.45, 2.75) is 18.9 Å². The van der Waals surface area contributed by atoms with Crippen molar-refractivity contribution >= 4 is 11.7 Å². The van der Waals surface area contributed by atoms with Crippen molar-refractivity contribution in [1.82, 2.24) is 15.1 Å². The van der Waals surface area contributed by atoms with Crippen molar-refractivity contribution in [2.24, 2.45) is 0 Å². The first-order valence-corrected chi connectivity index (χ1v) is 9.28. The summed E-state index contributed by atoms with van der Waals surface area (Å²) in [5, 5.41) is 8.22. The fraction of sp³-hybridized carbons (Fsp3) is 0.450. The van der Waals surface area contributed by atoms with Gasteiger partial charge in [-0.3, -0.25) is 4.79 Å². The second-order valence-electron chi connectivity index (χ2n) is 6.79. The number of carbonyl (C=O) groups is 1. The zero-order valence-electron chi connectivity index (χ0n) is 16.5. The van der Waals surface area contributed by atoms with Crippen LogP contribution < -0.4 is 19.1 Å². The summed E-state index contributed by atoms with van der Waals surface area (Å²) < 4.78 is 16.8. The quantitative estimate of drug-likeness (QED) is 0.720. The normalized spacial score (nSPS) is 16.4. The van der Waals surface area contributed by atoms with E-state index >= 15 is 0 Å². The second kappa shape index (κ2) is 9.25. The van der Waals surface area contributed by atoms with Gasteiger partial charge in [-0.05, 0) is 31.0 Å². The Morgan fingerprint density at radius 1 is 1.18 bits per heavy atom. The zero-order valence-corrected chi connectivity index (χ0v) is 16.5. The third-order valence-electron chi connectivity index (χ3n) is 4.52. The largest absolute Gasteiger partial charge is 0.493 e. The number of hydrogen-bond donors (Lipinski definition) is 0. The van der Waals surface area contributed by atoms with Crippen LogP contribution in [-0.4, -0.2) is 68.0 Å². The van der Waals surface area contributed by atoms with Crippen molar-refractivity contribution in [1.29, 1.82) is 0 Å². The van der Waals surface area contributed by atoms with E-state index in [1.165, 1.54) is 0 Å². The molecule has 0 saturated carbocycles. The summed E-state index contributed by atoms with van der Waals surface area (Å²) in [6.07, 6.45) is 1.63. The molecular weight excluding hydrogens is 360 g/mol. The highest BCUT2D eigenvalue weighted by molar-refractivity contribution is 5.78. The van der Waals surface area contributed by atoms with Crippen LogP contribution in [-0.2, 0) is 4.79 Å². The van der Waals surface area contributed by atoms with Gasteiger partial charge in [-0.25, -0.2) is 0 Å². The number of nitrogens with zero attached hydrogens (tertiary/aromatic N) is 4. The van der Waals surface area contributed by atoms with Gasteiger partial charge in [0.2, 0.25) is 5.88 Å². The number of ether oxygens (including phenoxy) is 3. The van der Waals surface area contributed by atoms with E-state index in [1.807, 2.05) is 37.2 Å². The number of aromatic nitrogens is 2. The molecule has 0 spiro atoms. The predicted octanol–water partition coefficient (Wildman–Crippen LogP) is 2.00.